The van der Waals surface area contributed by atoms with Gasteiger partial charge in [0.05, 0.1) is 18.1 Å². The lowest BCUT2D eigenvalue weighted by atomic mass is 9.86. The zero-order valence-electron chi connectivity index (χ0n) is 16.6. The SMILES string of the molecule is COC(=O)C1CCC(NC(=O)C(C)Oc2cc3oc(=O)cc(C)c3cc2Cl)CC1. The van der Waals surface area contributed by atoms with E-state index in [4.69, 9.17) is 25.5 Å². The van der Waals surface area contributed by atoms with E-state index >= 15 is 0 Å². The highest BCUT2D eigenvalue weighted by molar-refractivity contribution is 6.32. The molecular weight excluding hydrogens is 398 g/mol. The summed E-state index contributed by atoms with van der Waals surface area (Å²) in [6.45, 7) is 3.42. The fourth-order valence-electron chi connectivity index (χ4n) is 3.61. The van der Waals surface area contributed by atoms with Crippen molar-refractivity contribution in [3.05, 3.63) is 39.2 Å². The normalized spacial score (nSPS) is 20.1. The highest BCUT2D eigenvalue weighted by atomic mass is 35.5. The number of fused-ring (bicyclic) bond motifs is 1. The summed E-state index contributed by atoms with van der Waals surface area (Å²) in [5.74, 6) is -0.297. The van der Waals surface area contributed by atoms with Crippen molar-refractivity contribution in [1.29, 1.82) is 0 Å². The third-order valence-electron chi connectivity index (χ3n) is 5.28. The van der Waals surface area contributed by atoms with Gasteiger partial charge < -0.3 is 19.2 Å². The maximum atomic E-state index is 12.5. The van der Waals surface area contributed by atoms with Gasteiger partial charge in [-0.25, -0.2) is 4.79 Å². The largest absolute Gasteiger partial charge is 0.479 e. The van der Waals surface area contributed by atoms with Gasteiger partial charge in [0.15, 0.2) is 6.10 Å². The van der Waals surface area contributed by atoms with E-state index in [0.717, 1.165) is 5.56 Å². The first-order chi connectivity index (χ1) is 13.8. The molecule has 1 aliphatic rings. The number of nitrogens with one attached hydrogen (secondary N) is 1. The standard InChI is InChI=1S/C21H24ClNO6/c1-11-8-19(24)29-17-10-18(16(22)9-15(11)17)28-12(2)20(25)23-14-6-4-13(5-7-14)21(26)27-3/h8-10,12-14H,4-7H2,1-3H3,(H,23,25). The Morgan fingerprint density at radius 2 is 1.90 bits per heavy atom. The summed E-state index contributed by atoms with van der Waals surface area (Å²) < 4.78 is 15.7. The van der Waals surface area contributed by atoms with Crippen molar-refractivity contribution in [1.82, 2.24) is 5.32 Å². The second-order valence-corrected chi connectivity index (χ2v) is 7.77. The zero-order chi connectivity index (χ0) is 21.1. The van der Waals surface area contributed by atoms with Crippen molar-refractivity contribution >= 4 is 34.4 Å². The predicted octanol–water partition coefficient (Wildman–Crippen LogP) is 3.37. The van der Waals surface area contributed by atoms with E-state index in [9.17, 15) is 14.4 Å². The Labute approximate surface area is 173 Å². The Bertz CT molecular complexity index is 977. The molecule has 8 heteroatoms. The molecule has 0 saturated heterocycles. The van der Waals surface area contributed by atoms with Crippen LogP contribution < -0.4 is 15.7 Å². The topological polar surface area (TPSA) is 94.8 Å². The molecular formula is C21H24ClNO6. The molecule has 0 aliphatic heterocycles. The van der Waals surface area contributed by atoms with Crippen LogP contribution in [0.1, 0.15) is 38.2 Å². The van der Waals surface area contributed by atoms with Crippen LogP contribution in [-0.2, 0) is 14.3 Å². The maximum Gasteiger partial charge on any atom is 0.336 e. The van der Waals surface area contributed by atoms with E-state index in [-0.39, 0.29) is 29.6 Å². The number of aryl methyl sites for hydroxylation is 1. The van der Waals surface area contributed by atoms with Crippen molar-refractivity contribution < 1.29 is 23.5 Å². The first-order valence-corrected chi connectivity index (χ1v) is 9.95. The summed E-state index contributed by atoms with van der Waals surface area (Å²) in [7, 11) is 1.39. The van der Waals surface area contributed by atoms with E-state index in [1.807, 2.05) is 0 Å². The van der Waals surface area contributed by atoms with Gasteiger partial charge in [-0.05, 0) is 51.2 Å². The monoisotopic (exact) mass is 421 g/mol. The highest BCUT2D eigenvalue weighted by Crippen LogP contribution is 2.32. The van der Waals surface area contributed by atoms with Crippen LogP contribution in [0.15, 0.2) is 27.4 Å². The predicted molar refractivity (Wildman–Crippen MR) is 108 cm³/mol. The number of methoxy groups -OCH3 is 1. The van der Waals surface area contributed by atoms with E-state index in [1.54, 1.807) is 19.9 Å². The summed E-state index contributed by atoms with van der Waals surface area (Å²) in [4.78, 5) is 35.7. The molecule has 1 fully saturated rings. The van der Waals surface area contributed by atoms with E-state index in [2.05, 4.69) is 5.32 Å². The van der Waals surface area contributed by atoms with Gasteiger partial charge in [-0.2, -0.15) is 0 Å². The van der Waals surface area contributed by atoms with Gasteiger partial charge in [0.2, 0.25) is 0 Å². The molecule has 1 aliphatic carbocycles. The van der Waals surface area contributed by atoms with Crippen LogP contribution in [0.2, 0.25) is 5.02 Å². The third kappa shape index (κ3) is 4.90. The van der Waals surface area contributed by atoms with E-state index < -0.39 is 11.7 Å². The Morgan fingerprint density at radius 1 is 1.21 bits per heavy atom. The summed E-state index contributed by atoms with van der Waals surface area (Å²) in [6.07, 6.45) is 1.99. The number of hydrogen-bond donors (Lipinski definition) is 1. The summed E-state index contributed by atoms with van der Waals surface area (Å²) in [5.41, 5.74) is 0.637. The average molecular weight is 422 g/mol. The minimum Gasteiger partial charge on any atom is -0.479 e. The smallest absolute Gasteiger partial charge is 0.336 e. The summed E-state index contributed by atoms with van der Waals surface area (Å²) in [5, 5.41) is 3.99. The van der Waals surface area contributed by atoms with E-state index in [1.165, 1.54) is 19.2 Å². The fraction of sp³-hybridized carbons (Fsp3) is 0.476. The lowest BCUT2D eigenvalue weighted by Crippen LogP contribution is -2.44. The molecule has 0 spiro atoms. The summed E-state index contributed by atoms with van der Waals surface area (Å²) in [6, 6.07) is 4.56. The number of benzene rings is 1. The van der Waals surface area contributed by atoms with Gasteiger partial charge >= 0.3 is 11.6 Å². The van der Waals surface area contributed by atoms with E-state index in [0.29, 0.717) is 41.7 Å². The van der Waals surface area contributed by atoms with Gasteiger partial charge in [-0.15, -0.1) is 0 Å². The Morgan fingerprint density at radius 3 is 2.55 bits per heavy atom. The fourth-order valence-corrected chi connectivity index (χ4v) is 3.82. The summed E-state index contributed by atoms with van der Waals surface area (Å²) >= 11 is 6.29. The van der Waals surface area contributed by atoms with Crippen molar-refractivity contribution in [3.8, 4) is 5.75 Å². The van der Waals surface area contributed by atoms with Crippen LogP contribution in [-0.4, -0.2) is 31.1 Å². The lowest BCUT2D eigenvalue weighted by Gasteiger charge is -2.28. The van der Waals surface area contributed by atoms with Crippen LogP contribution in [0.5, 0.6) is 5.75 Å². The highest BCUT2D eigenvalue weighted by Gasteiger charge is 2.29. The number of ether oxygens (including phenoxy) is 2. The molecule has 1 heterocycles. The number of rotatable bonds is 5. The van der Waals surface area contributed by atoms with Crippen LogP contribution in [0.3, 0.4) is 0 Å². The minimum atomic E-state index is -0.792. The first kappa shape index (κ1) is 21.2. The molecule has 29 heavy (non-hydrogen) atoms. The number of carbonyl (C=O) groups excluding carboxylic acids is 2. The quantitative estimate of drug-likeness (QED) is 0.587. The molecule has 0 bridgehead atoms. The van der Waals surface area contributed by atoms with Gasteiger partial charge in [-0.3, -0.25) is 9.59 Å². The van der Waals surface area contributed by atoms with Crippen molar-refractivity contribution in [3.63, 3.8) is 0 Å². The number of hydrogen-bond acceptors (Lipinski definition) is 6. The first-order valence-electron chi connectivity index (χ1n) is 9.57. The molecule has 3 rings (SSSR count). The number of carbonyl (C=O) groups is 2. The second kappa shape index (κ2) is 8.86. The van der Waals surface area contributed by atoms with Gasteiger partial charge in [0, 0.05) is 23.6 Å². The molecule has 1 N–H and O–H groups in total. The molecule has 1 atom stereocenters. The molecule has 1 amide bonds. The van der Waals surface area contributed by atoms with Gasteiger partial charge in [-0.1, -0.05) is 11.6 Å². The average Bonchev–Trinajstić information content (AvgIpc) is 2.69. The van der Waals surface area contributed by atoms with Crippen molar-refractivity contribution in [2.45, 2.75) is 51.7 Å². The molecule has 1 saturated carbocycles. The zero-order valence-corrected chi connectivity index (χ0v) is 17.4. The molecule has 2 aromatic rings. The lowest BCUT2D eigenvalue weighted by molar-refractivity contribution is -0.146. The van der Waals surface area contributed by atoms with Gasteiger partial charge in [0.25, 0.3) is 5.91 Å². The maximum absolute atomic E-state index is 12.5. The van der Waals surface area contributed by atoms with Crippen molar-refractivity contribution in [2.24, 2.45) is 5.92 Å². The molecule has 156 valence electrons. The van der Waals surface area contributed by atoms with Crippen LogP contribution >= 0.6 is 11.6 Å². The second-order valence-electron chi connectivity index (χ2n) is 7.37. The Balaban J connectivity index is 1.63. The molecule has 7 nitrogen and oxygen atoms in total. The molecule has 1 unspecified atom stereocenters. The minimum absolute atomic E-state index is 0.0118. The molecule has 1 aromatic carbocycles. The molecule has 1 aromatic heterocycles. The Hall–Kier alpha value is -2.54. The number of amides is 1. The number of halogens is 1. The molecule has 0 radical (unpaired) electrons. The van der Waals surface area contributed by atoms with Crippen LogP contribution in [0.4, 0.5) is 0 Å². The van der Waals surface area contributed by atoms with Crippen LogP contribution in [0, 0.1) is 12.8 Å². The van der Waals surface area contributed by atoms with Crippen LogP contribution in [0.25, 0.3) is 11.0 Å². The third-order valence-corrected chi connectivity index (χ3v) is 5.58. The van der Waals surface area contributed by atoms with Gasteiger partial charge in [0.1, 0.15) is 11.3 Å². The number of esters is 1. The Kier molecular flexibility index (Phi) is 6.47. The van der Waals surface area contributed by atoms with Crippen molar-refractivity contribution in [2.75, 3.05) is 7.11 Å².